The first-order chi connectivity index (χ1) is 10.5. The summed E-state index contributed by atoms with van der Waals surface area (Å²) in [7, 11) is 0. The van der Waals surface area contributed by atoms with Crippen LogP contribution in [0.3, 0.4) is 0 Å². The molecule has 0 bridgehead atoms. The lowest BCUT2D eigenvalue weighted by Crippen LogP contribution is -2.33. The molecule has 0 saturated carbocycles. The summed E-state index contributed by atoms with van der Waals surface area (Å²) < 4.78 is 4.70. The molecule has 0 unspecified atom stereocenters. The zero-order chi connectivity index (χ0) is 16.1. The lowest BCUT2D eigenvalue weighted by molar-refractivity contribution is -0.115. The number of hydrogen-bond acceptors (Lipinski definition) is 5. The molecular formula is C14H15BrN4O2S. The highest BCUT2D eigenvalue weighted by Crippen LogP contribution is 2.19. The summed E-state index contributed by atoms with van der Waals surface area (Å²) in [5, 5.41) is 9.22. The van der Waals surface area contributed by atoms with E-state index in [1.165, 1.54) is 0 Å². The maximum atomic E-state index is 12.0. The number of aryl methyl sites for hydroxylation is 2. The number of halogens is 1. The second-order valence-corrected chi connectivity index (χ2v) is 6.26. The van der Waals surface area contributed by atoms with Gasteiger partial charge in [-0.2, -0.15) is 0 Å². The van der Waals surface area contributed by atoms with Crippen LogP contribution in [-0.4, -0.2) is 27.9 Å². The third-order valence-corrected chi connectivity index (χ3v) is 4.23. The smallest absolute Gasteiger partial charge is 0.265 e. The van der Waals surface area contributed by atoms with Crippen LogP contribution in [0.15, 0.2) is 22.7 Å². The van der Waals surface area contributed by atoms with Crippen molar-refractivity contribution in [2.24, 2.45) is 0 Å². The van der Waals surface area contributed by atoms with Gasteiger partial charge in [0.2, 0.25) is 5.91 Å². The van der Waals surface area contributed by atoms with E-state index in [0.29, 0.717) is 17.0 Å². The van der Waals surface area contributed by atoms with Crippen molar-refractivity contribution >= 4 is 45.0 Å². The Hall–Kier alpha value is -1.80. The molecule has 0 atom stereocenters. The molecule has 2 rings (SSSR count). The Morgan fingerprint density at radius 3 is 2.82 bits per heavy atom. The maximum absolute atomic E-state index is 12.0. The van der Waals surface area contributed by atoms with Crippen molar-refractivity contribution in [1.29, 1.82) is 0 Å². The Balaban J connectivity index is 1.91. The lowest BCUT2D eigenvalue weighted by atomic mass is 10.2. The molecule has 0 aliphatic heterocycles. The molecule has 1 aromatic carbocycles. The van der Waals surface area contributed by atoms with Gasteiger partial charge in [-0.15, -0.1) is 5.10 Å². The van der Waals surface area contributed by atoms with Gasteiger partial charge >= 0.3 is 0 Å². The van der Waals surface area contributed by atoms with Gasteiger partial charge in [0.1, 0.15) is 4.88 Å². The van der Waals surface area contributed by atoms with Gasteiger partial charge in [-0.1, -0.05) is 27.3 Å². The average Bonchev–Trinajstić information content (AvgIpc) is 2.96. The predicted molar refractivity (Wildman–Crippen MR) is 89.1 cm³/mol. The minimum atomic E-state index is -0.325. The van der Waals surface area contributed by atoms with Crippen molar-refractivity contribution < 1.29 is 9.59 Å². The molecule has 2 aromatic rings. The van der Waals surface area contributed by atoms with Crippen LogP contribution < -0.4 is 10.6 Å². The van der Waals surface area contributed by atoms with E-state index in [9.17, 15) is 9.59 Å². The molecule has 0 aliphatic rings. The highest BCUT2D eigenvalue weighted by molar-refractivity contribution is 9.10. The van der Waals surface area contributed by atoms with E-state index in [1.54, 1.807) is 6.07 Å². The SMILES string of the molecule is CCc1nnsc1C(=O)NCC(=O)Nc1ccc(Br)cc1C. The minimum absolute atomic E-state index is 0.102. The van der Waals surface area contributed by atoms with Gasteiger partial charge in [-0.3, -0.25) is 9.59 Å². The molecule has 116 valence electrons. The van der Waals surface area contributed by atoms with E-state index >= 15 is 0 Å². The molecule has 0 radical (unpaired) electrons. The van der Waals surface area contributed by atoms with E-state index in [2.05, 4.69) is 36.2 Å². The largest absolute Gasteiger partial charge is 0.342 e. The number of rotatable bonds is 5. The van der Waals surface area contributed by atoms with E-state index in [1.807, 2.05) is 26.0 Å². The van der Waals surface area contributed by atoms with Crippen molar-refractivity contribution in [3.63, 3.8) is 0 Å². The Kier molecular flexibility index (Phi) is 5.62. The maximum Gasteiger partial charge on any atom is 0.265 e. The van der Waals surface area contributed by atoms with E-state index in [4.69, 9.17) is 0 Å². The highest BCUT2D eigenvalue weighted by Gasteiger charge is 2.15. The number of benzene rings is 1. The second-order valence-electron chi connectivity index (χ2n) is 4.59. The van der Waals surface area contributed by atoms with Gasteiger partial charge in [0.05, 0.1) is 12.2 Å². The molecule has 1 aromatic heterocycles. The number of anilines is 1. The van der Waals surface area contributed by atoms with E-state index < -0.39 is 0 Å². The molecule has 0 fully saturated rings. The van der Waals surface area contributed by atoms with Gasteiger partial charge in [-0.25, -0.2) is 0 Å². The van der Waals surface area contributed by atoms with Crippen LogP contribution in [0.4, 0.5) is 5.69 Å². The van der Waals surface area contributed by atoms with Crippen molar-refractivity contribution in [3.8, 4) is 0 Å². The zero-order valence-corrected chi connectivity index (χ0v) is 14.5. The highest BCUT2D eigenvalue weighted by atomic mass is 79.9. The van der Waals surface area contributed by atoms with Gasteiger partial charge in [0, 0.05) is 10.2 Å². The Labute approximate surface area is 140 Å². The van der Waals surface area contributed by atoms with Crippen LogP contribution >= 0.6 is 27.5 Å². The fourth-order valence-corrected chi connectivity index (χ4v) is 2.96. The van der Waals surface area contributed by atoms with Crippen LogP contribution in [0.1, 0.15) is 27.9 Å². The normalized spacial score (nSPS) is 10.3. The van der Waals surface area contributed by atoms with Crippen LogP contribution in [-0.2, 0) is 11.2 Å². The number of aromatic nitrogens is 2. The topological polar surface area (TPSA) is 84.0 Å². The third-order valence-electron chi connectivity index (χ3n) is 2.97. The van der Waals surface area contributed by atoms with Gasteiger partial charge in [-0.05, 0) is 48.6 Å². The molecular weight excluding hydrogens is 368 g/mol. The fraction of sp³-hybridized carbons (Fsp3) is 0.286. The summed E-state index contributed by atoms with van der Waals surface area (Å²) in [5.41, 5.74) is 2.30. The molecule has 0 spiro atoms. The number of carbonyl (C=O) groups excluding carboxylic acids is 2. The monoisotopic (exact) mass is 382 g/mol. The van der Waals surface area contributed by atoms with Crippen molar-refractivity contribution in [2.75, 3.05) is 11.9 Å². The zero-order valence-electron chi connectivity index (χ0n) is 12.1. The Morgan fingerprint density at radius 1 is 1.36 bits per heavy atom. The van der Waals surface area contributed by atoms with Crippen LogP contribution in [0.2, 0.25) is 0 Å². The second kappa shape index (κ2) is 7.46. The minimum Gasteiger partial charge on any atom is -0.342 e. The Morgan fingerprint density at radius 2 is 2.14 bits per heavy atom. The summed E-state index contributed by atoms with van der Waals surface area (Å²) in [6.45, 7) is 3.70. The first-order valence-electron chi connectivity index (χ1n) is 6.66. The standard InChI is InChI=1S/C14H15BrN4O2S/c1-3-10-13(22-19-18-10)14(21)16-7-12(20)17-11-5-4-9(15)6-8(11)2/h4-6H,3,7H2,1-2H3,(H,16,21)(H,17,20). The molecule has 0 aliphatic carbocycles. The Bertz CT molecular complexity index is 702. The predicted octanol–water partition coefficient (Wildman–Crippen LogP) is 2.54. The summed E-state index contributed by atoms with van der Waals surface area (Å²) >= 11 is 4.40. The van der Waals surface area contributed by atoms with Gasteiger partial charge < -0.3 is 10.6 Å². The number of amides is 2. The summed E-state index contributed by atoms with van der Waals surface area (Å²) in [4.78, 5) is 24.4. The molecule has 2 N–H and O–H groups in total. The quantitative estimate of drug-likeness (QED) is 0.831. The number of hydrogen-bond donors (Lipinski definition) is 2. The van der Waals surface area contributed by atoms with Gasteiger partial charge in [0.15, 0.2) is 0 Å². The lowest BCUT2D eigenvalue weighted by Gasteiger charge is -2.09. The van der Waals surface area contributed by atoms with Crippen molar-refractivity contribution in [2.45, 2.75) is 20.3 Å². The van der Waals surface area contributed by atoms with Crippen LogP contribution in [0.5, 0.6) is 0 Å². The number of nitrogens with zero attached hydrogens (tertiary/aromatic N) is 2. The molecule has 0 saturated heterocycles. The molecule has 22 heavy (non-hydrogen) atoms. The van der Waals surface area contributed by atoms with Crippen molar-refractivity contribution in [3.05, 3.63) is 38.8 Å². The first kappa shape index (κ1) is 16.6. The summed E-state index contributed by atoms with van der Waals surface area (Å²) in [6.07, 6.45) is 0.629. The first-order valence-corrected chi connectivity index (χ1v) is 8.23. The summed E-state index contributed by atoms with van der Waals surface area (Å²) in [5.74, 6) is -0.608. The molecule has 8 heteroatoms. The number of carbonyl (C=O) groups is 2. The van der Waals surface area contributed by atoms with Crippen LogP contribution in [0.25, 0.3) is 0 Å². The molecule has 1 heterocycles. The molecule has 6 nitrogen and oxygen atoms in total. The number of nitrogens with one attached hydrogen (secondary N) is 2. The van der Waals surface area contributed by atoms with E-state index in [0.717, 1.165) is 27.3 Å². The van der Waals surface area contributed by atoms with E-state index in [-0.39, 0.29) is 18.4 Å². The van der Waals surface area contributed by atoms with Crippen LogP contribution in [0, 0.1) is 6.92 Å². The third kappa shape index (κ3) is 4.11. The van der Waals surface area contributed by atoms with Crippen molar-refractivity contribution in [1.82, 2.24) is 14.9 Å². The fourth-order valence-electron chi connectivity index (χ4n) is 1.81. The van der Waals surface area contributed by atoms with Gasteiger partial charge in [0.25, 0.3) is 5.91 Å². The summed E-state index contributed by atoms with van der Waals surface area (Å²) in [6, 6.07) is 5.56. The molecule has 2 amide bonds. The average molecular weight is 383 g/mol.